The van der Waals surface area contributed by atoms with Crippen LogP contribution in [0.4, 0.5) is 5.69 Å². The van der Waals surface area contributed by atoms with E-state index in [0.29, 0.717) is 11.3 Å². The molecule has 0 aromatic heterocycles. The van der Waals surface area contributed by atoms with Gasteiger partial charge in [0.1, 0.15) is 0 Å². The molecule has 3 heteroatoms. The zero-order valence-corrected chi connectivity index (χ0v) is 8.69. The molecule has 0 unspecified atom stereocenters. The molecule has 1 rings (SSSR count). The molecule has 0 radical (unpaired) electrons. The van der Waals surface area contributed by atoms with E-state index in [4.69, 9.17) is 0 Å². The van der Waals surface area contributed by atoms with Crippen LogP contribution in [0.5, 0.6) is 0 Å². The summed E-state index contributed by atoms with van der Waals surface area (Å²) >= 11 is 0. The molecule has 0 atom stereocenters. The van der Waals surface area contributed by atoms with Crippen molar-refractivity contribution in [1.29, 1.82) is 0 Å². The molecule has 0 fully saturated rings. The average molecular weight is 190 g/mol. The minimum Gasteiger partial charge on any atom is -0.369 e. The molecular weight excluding hydrogens is 176 g/mol. The van der Waals surface area contributed by atoms with Crippen molar-refractivity contribution in [2.24, 2.45) is 4.99 Å². The van der Waals surface area contributed by atoms with Gasteiger partial charge in [-0.05, 0) is 19.1 Å². The maximum absolute atomic E-state index is 11.2. The summed E-state index contributed by atoms with van der Waals surface area (Å²) in [5.74, 6) is 0.0384. The second-order valence-electron chi connectivity index (χ2n) is 3.28. The number of hydrogen-bond donors (Lipinski definition) is 0. The van der Waals surface area contributed by atoms with Crippen LogP contribution in [0.3, 0.4) is 0 Å². The Morgan fingerprint density at radius 1 is 1.36 bits per heavy atom. The number of benzene rings is 1. The molecule has 0 amide bonds. The number of hydrogen-bond acceptors (Lipinski definition) is 2. The maximum Gasteiger partial charge on any atom is 0.161 e. The third kappa shape index (κ3) is 2.69. The van der Waals surface area contributed by atoms with Crippen LogP contribution in [-0.4, -0.2) is 31.1 Å². The normalized spacial score (nSPS) is 10.5. The first-order valence-electron chi connectivity index (χ1n) is 4.42. The predicted octanol–water partition coefficient (Wildman–Crippen LogP) is 2.11. The first-order valence-corrected chi connectivity index (χ1v) is 4.42. The van der Waals surface area contributed by atoms with E-state index < -0.39 is 0 Å². The molecule has 0 N–H and O–H groups in total. The fraction of sp³-hybridized carbons (Fsp3) is 0.273. The Kier molecular flexibility index (Phi) is 3.40. The minimum absolute atomic E-state index is 0.0384. The third-order valence-corrected chi connectivity index (χ3v) is 1.71. The van der Waals surface area contributed by atoms with Gasteiger partial charge in [0.25, 0.3) is 0 Å². The lowest BCUT2D eigenvalue weighted by Crippen LogP contribution is -2.07. The SMILES string of the molecule is CC(=O)c1ccccc1N=CN(C)C. The molecular formula is C11H14N2O. The smallest absolute Gasteiger partial charge is 0.161 e. The van der Waals surface area contributed by atoms with Crippen LogP contribution in [0, 0.1) is 0 Å². The third-order valence-electron chi connectivity index (χ3n) is 1.71. The van der Waals surface area contributed by atoms with Crippen molar-refractivity contribution < 1.29 is 4.79 Å². The number of carbonyl (C=O) groups excluding carboxylic acids is 1. The highest BCUT2D eigenvalue weighted by atomic mass is 16.1. The van der Waals surface area contributed by atoms with E-state index in [1.807, 2.05) is 37.2 Å². The van der Waals surface area contributed by atoms with Crippen LogP contribution >= 0.6 is 0 Å². The van der Waals surface area contributed by atoms with Crippen molar-refractivity contribution in [3.05, 3.63) is 29.8 Å². The molecule has 74 valence electrons. The zero-order valence-electron chi connectivity index (χ0n) is 8.69. The summed E-state index contributed by atoms with van der Waals surface area (Å²) < 4.78 is 0. The summed E-state index contributed by atoms with van der Waals surface area (Å²) in [7, 11) is 3.78. The number of rotatable bonds is 3. The number of aliphatic imine (C=N–C) groups is 1. The lowest BCUT2D eigenvalue weighted by molar-refractivity contribution is 0.101. The first-order chi connectivity index (χ1) is 6.61. The van der Waals surface area contributed by atoms with E-state index in [0.717, 1.165) is 0 Å². The average Bonchev–Trinajstić information content (AvgIpc) is 2.15. The molecule has 0 aliphatic rings. The van der Waals surface area contributed by atoms with Crippen LogP contribution in [0.1, 0.15) is 17.3 Å². The monoisotopic (exact) mass is 190 g/mol. The van der Waals surface area contributed by atoms with E-state index in [1.165, 1.54) is 0 Å². The molecule has 0 bridgehead atoms. The summed E-state index contributed by atoms with van der Waals surface area (Å²) in [6.45, 7) is 1.55. The molecule has 0 aliphatic heterocycles. The van der Waals surface area contributed by atoms with E-state index in [2.05, 4.69) is 4.99 Å². The maximum atomic E-state index is 11.2. The quantitative estimate of drug-likeness (QED) is 0.415. The molecule has 0 saturated heterocycles. The van der Waals surface area contributed by atoms with Gasteiger partial charge in [-0.1, -0.05) is 12.1 Å². The van der Waals surface area contributed by atoms with E-state index in [9.17, 15) is 4.79 Å². The van der Waals surface area contributed by atoms with Crippen LogP contribution in [-0.2, 0) is 0 Å². The second kappa shape index (κ2) is 4.56. The van der Waals surface area contributed by atoms with E-state index in [-0.39, 0.29) is 5.78 Å². The highest BCUT2D eigenvalue weighted by Crippen LogP contribution is 2.18. The van der Waals surface area contributed by atoms with Crippen LogP contribution in [0.2, 0.25) is 0 Å². The van der Waals surface area contributed by atoms with Gasteiger partial charge < -0.3 is 4.90 Å². The number of nitrogens with zero attached hydrogens (tertiary/aromatic N) is 2. The Bertz CT molecular complexity index is 356. The molecule has 3 nitrogen and oxygen atoms in total. The highest BCUT2D eigenvalue weighted by Gasteiger charge is 2.03. The minimum atomic E-state index is 0.0384. The van der Waals surface area contributed by atoms with Crippen molar-refractivity contribution in [1.82, 2.24) is 4.90 Å². The molecule has 0 heterocycles. The summed E-state index contributed by atoms with van der Waals surface area (Å²) in [5.41, 5.74) is 1.37. The largest absolute Gasteiger partial charge is 0.369 e. The molecule has 0 saturated carbocycles. The highest BCUT2D eigenvalue weighted by molar-refractivity contribution is 5.99. The molecule has 1 aromatic carbocycles. The molecule has 1 aromatic rings. The fourth-order valence-corrected chi connectivity index (χ4v) is 1.06. The lowest BCUT2D eigenvalue weighted by Gasteiger charge is -2.04. The van der Waals surface area contributed by atoms with Gasteiger partial charge in [-0.2, -0.15) is 0 Å². The van der Waals surface area contributed by atoms with Gasteiger partial charge in [0.2, 0.25) is 0 Å². The topological polar surface area (TPSA) is 32.7 Å². The van der Waals surface area contributed by atoms with E-state index >= 15 is 0 Å². The van der Waals surface area contributed by atoms with Gasteiger partial charge in [0, 0.05) is 19.7 Å². The number of para-hydroxylation sites is 1. The second-order valence-corrected chi connectivity index (χ2v) is 3.28. The van der Waals surface area contributed by atoms with Crippen molar-refractivity contribution >= 4 is 17.8 Å². The fourth-order valence-electron chi connectivity index (χ4n) is 1.06. The van der Waals surface area contributed by atoms with Gasteiger partial charge in [0.05, 0.1) is 12.0 Å². The summed E-state index contributed by atoms with van der Waals surface area (Å²) in [6, 6.07) is 7.32. The molecule has 0 aliphatic carbocycles. The van der Waals surface area contributed by atoms with Crippen LogP contribution < -0.4 is 0 Å². The number of Topliss-reactive ketones (excluding diaryl/α,β-unsaturated/α-hetero) is 1. The standard InChI is InChI=1S/C11H14N2O/c1-9(14)10-6-4-5-7-11(10)12-8-13(2)3/h4-8H,1-3H3. The Labute approximate surface area is 84.1 Å². The van der Waals surface area contributed by atoms with Crippen molar-refractivity contribution in [3.63, 3.8) is 0 Å². The predicted molar refractivity (Wildman–Crippen MR) is 58.3 cm³/mol. The van der Waals surface area contributed by atoms with Crippen molar-refractivity contribution in [3.8, 4) is 0 Å². The first kappa shape index (κ1) is 10.4. The Morgan fingerprint density at radius 2 is 2.00 bits per heavy atom. The van der Waals surface area contributed by atoms with E-state index in [1.54, 1.807) is 19.3 Å². The summed E-state index contributed by atoms with van der Waals surface area (Å²) in [4.78, 5) is 17.3. The van der Waals surface area contributed by atoms with Crippen molar-refractivity contribution in [2.75, 3.05) is 14.1 Å². The molecule has 0 spiro atoms. The van der Waals surface area contributed by atoms with Gasteiger partial charge >= 0.3 is 0 Å². The lowest BCUT2D eigenvalue weighted by atomic mass is 10.1. The van der Waals surface area contributed by atoms with Gasteiger partial charge in [-0.15, -0.1) is 0 Å². The summed E-state index contributed by atoms with van der Waals surface area (Å²) in [5, 5.41) is 0. The summed E-state index contributed by atoms with van der Waals surface area (Å²) in [6.07, 6.45) is 1.68. The Hall–Kier alpha value is -1.64. The van der Waals surface area contributed by atoms with Crippen LogP contribution in [0.25, 0.3) is 0 Å². The van der Waals surface area contributed by atoms with Gasteiger partial charge in [0.15, 0.2) is 5.78 Å². The van der Waals surface area contributed by atoms with Gasteiger partial charge in [-0.25, -0.2) is 4.99 Å². The van der Waals surface area contributed by atoms with Crippen molar-refractivity contribution in [2.45, 2.75) is 6.92 Å². The number of carbonyl (C=O) groups is 1. The number of ketones is 1. The zero-order chi connectivity index (χ0) is 10.6. The Morgan fingerprint density at radius 3 is 2.57 bits per heavy atom. The van der Waals surface area contributed by atoms with Gasteiger partial charge in [-0.3, -0.25) is 4.79 Å². The Balaban J connectivity index is 3.02. The molecule has 14 heavy (non-hydrogen) atoms. The van der Waals surface area contributed by atoms with Crippen LogP contribution in [0.15, 0.2) is 29.3 Å².